The molecule has 1 fully saturated rings. The van der Waals surface area contributed by atoms with Crippen molar-refractivity contribution in [1.29, 1.82) is 0 Å². The number of nitrogens with one attached hydrogen (secondary N) is 1. The van der Waals surface area contributed by atoms with Gasteiger partial charge in [0.05, 0.1) is 30.7 Å². The van der Waals surface area contributed by atoms with Crippen molar-refractivity contribution in [3.63, 3.8) is 0 Å². The number of carbonyl (C=O) groups is 1. The van der Waals surface area contributed by atoms with Crippen LogP contribution in [0, 0.1) is 5.82 Å². The average molecular weight is 382 g/mol. The van der Waals surface area contributed by atoms with Crippen LogP contribution in [0.15, 0.2) is 47.1 Å². The van der Waals surface area contributed by atoms with Crippen molar-refractivity contribution in [3.8, 4) is 11.1 Å². The second-order valence-electron chi connectivity index (χ2n) is 7.14. The monoisotopic (exact) mass is 382 g/mol. The number of pyridine rings is 1. The molecule has 1 aromatic carbocycles. The molecule has 1 aliphatic rings. The van der Waals surface area contributed by atoms with Gasteiger partial charge in [-0.15, -0.1) is 0 Å². The lowest BCUT2D eigenvalue weighted by atomic mass is 9.85. The second-order valence-corrected chi connectivity index (χ2v) is 7.14. The van der Waals surface area contributed by atoms with Crippen molar-refractivity contribution in [1.82, 2.24) is 10.1 Å². The molecule has 2 aromatic heterocycles. The van der Waals surface area contributed by atoms with E-state index in [-0.39, 0.29) is 23.6 Å². The van der Waals surface area contributed by atoms with Crippen LogP contribution in [-0.4, -0.2) is 29.3 Å². The van der Waals surface area contributed by atoms with E-state index in [4.69, 9.17) is 15.0 Å². The number of hydrogen-bond acceptors (Lipinski definition) is 6. The molecule has 3 N–H and O–H groups in total. The first-order chi connectivity index (χ1) is 13.4. The SMILES string of the molecule is CC1(c2cc(NC(=O)Cc3ccc(-c4cnc(N)c(F)c4)cc3)on2)COC1. The number of halogens is 1. The highest BCUT2D eigenvalue weighted by Gasteiger charge is 2.38. The number of carbonyl (C=O) groups excluding carboxylic acids is 1. The zero-order valence-corrected chi connectivity index (χ0v) is 15.2. The van der Waals surface area contributed by atoms with Gasteiger partial charge in [0.1, 0.15) is 0 Å². The van der Waals surface area contributed by atoms with Crippen LogP contribution < -0.4 is 11.1 Å². The largest absolute Gasteiger partial charge is 0.381 e. The highest BCUT2D eigenvalue weighted by molar-refractivity contribution is 5.91. The summed E-state index contributed by atoms with van der Waals surface area (Å²) < 4.78 is 24.0. The Bertz CT molecular complexity index is 1010. The fourth-order valence-corrected chi connectivity index (χ4v) is 2.96. The quantitative estimate of drug-likeness (QED) is 0.703. The summed E-state index contributed by atoms with van der Waals surface area (Å²) in [5.74, 6) is -0.597. The number of rotatable bonds is 5. The molecule has 3 aromatic rings. The van der Waals surface area contributed by atoms with Crippen molar-refractivity contribution in [3.05, 3.63) is 59.7 Å². The van der Waals surface area contributed by atoms with Gasteiger partial charge in [0.2, 0.25) is 11.8 Å². The number of benzene rings is 1. The molecule has 0 spiro atoms. The van der Waals surface area contributed by atoms with E-state index in [9.17, 15) is 9.18 Å². The topological polar surface area (TPSA) is 103 Å². The molecule has 1 saturated heterocycles. The van der Waals surface area contributed by atoms with Gasteiger partial charge in [0.25, 0.3) is 0 Å². The maximum Gasteiger partial charge on any atom is 0.231 e. The zero-order valence-electron chi connectivity index (χ0n) is 15.2. The first-order valence-electron chi connectivity index (χ1n) is 8.78. The Morgan fingerprint density at radius 2 is 2.00 bits per heavy atom. The van der Waals surface area contributed by atoms with Crippen LogP contribution in [0.2, 0.25) is 0 Å². The van der Waals surface area contributed by atoms with Crippen LogP contribution in [0.1, 0.15) is 18.2 Å². The molecular weight excluding hydrogens is 363 g/mol. The number of ether oxygens (including phenoxy) is 1. The van der Waals surface area contributed by atoms with Gasteiger partial charge >= 0.3 is 0 Å². The third kappa shape index (κ3) is 3.59. The Kier molecular flexibility index (Phi) is 4.56. The van der Waals surface area contributed by atoms with E-state index in [1.807, 2.05) is 19.1 Å². The van der Waals surface area contributed by atoms with Crippen molar-refractivity contribution in [2.24, 2.45) is 0 Å². The Balaban J connectivity index is 1.39. The van der Waals surface area contributed by atoms with Gasteiger partial charge in [-0.2, -0.15) is 0 Å². The van der Waals surface area contributed by atoms with Crippen LogP contribution in [0.3, 0.4) is 0 Å². The molecule has 0 unspecified atom stereocenters. The van der Waals surface area contributed by atoms with Crippen LogP contribution >= 0.6 is 0 Å². The molecule has 4 rings (SSSR count). The van der Waals surface area contributed by atoms with Crippen LogP contribution in [0.5, 0.6) is 0 Å². The summed E-state index contributed by atoms with van der Waals surface area (Å²) in [5, 5.41) is 6.72. The number of aromatic nitrogens is 2. The number of nitrogens with two attached hydrogens (primary N) is 1. The molecule has 0 aliphatic carbocycles. The van der Waals surface area contributed by atoms with Gasteiger partial charge < -0.3 is 15.0 Å². The third-order valence-corrected chi connectivity index (χ3v) is 4.75. The van der Waals surface area contributed by atoms with Gasteiger partial charge in [0, 0.05) is 17.8 Å². The minimum Gasteiger partial charge on any atom is -0.381 e. The Morgan fingerprint density at radius 3 is 2.64 bits per heavy atom. The predicted molar refractivity (Wildman–Crippen MR) is 101 cm³/mol. The molecule has 3 heterocycles. The first kappa shape index (κ1) is 18.1. The molecule has 0 atom stereocenters. The van der Waals surface area contributed by atoms with Crippen LogP contribution in [0.4, 0.5) is 16.1 Å². The molecule has 144 valence electrons. The van der Waals surface area contributed by atoms with E-state index < -0.39 is 5.82 Å². The van der Waals surface area contributed by atoms with Crippen molar-refractivity contribution in [2.75, 3.05) is 24.3 Å². The minimum atomic E-state index is -0.560. The lowest BCUT2D eigenvalue weighted by Gasteiger charge is -2.35. The van der Waals surface area contributed by atoms with Crippen LogP contribution in [-0.2, 0) is 21.4 Å². The lowest BCUT2D eigenvalue weighted by molar-refractivity contribution is -0.115. The highest BCUT2D eigenvalue weighted by Crippen LogP contribution is 2.32. The van der Waals surface area contributed by atoms with E-state index in [0.29, 0.717) is 24.7 Å². The fraction of sp³-hybridized carbons (Fsp3) is 0.250. The molecule has 1 aliphatic heterocycles. The molecule has 1 amide bonds. The van der Waals surface area contributed by atoms with Gasteiger partial charge in [-0.3, -0.25) is 10.1 Å². The Morgan fingerprint density at radius 1 is 1.25 bits per heavy atom. The van der Waals surface area contributed by atoms with Crippen LogP contribution in [0.25, 0.3) is 11.1 Å². The molecule has 28 heavy (non-hydrogen) atoms. The van der Waals surface area contributed by atoms with Gasteiger partial charge in [-0.25, -0.2) is 9.37 Å². The number of nitrogens with zero attached hydrogens (tertiary/aromatic N) is 2. The summed E-state index contributed by atoms with van der Waals surface area (Å²) in [5.41, 5.74) is 8.22. The zero-order chi connectivity index (χ0) is 19.7. The summed E-state index contributed by atoms with van der Waals surface area (Å²) in [6.45, 7) is 3.21. The molecule has 0 bridgehead atoms. The predicted octanol–water partition coefficient (Wildman–Crippen LogP) is 2.93. The maximum absolute atomic E-state index is 13.6. The lowest BCUT2D eigenvalue weighted by Crippen LogP contribution is -2.44. The smallest absolute Gasteiger partial charge is 0.231 e. The normalized spacial score (nSPS) is 15.1. The Labute approximate surface area is 160 Å². The molecule has 0 radical (unpaired) electrons. The highest BCUT2D eigenvalue weighted by atomic mass is 19.1. The van der Waals surface area contributed by atoms with Gasteiger partial charge in [0.15, 0.2) is 11.6 Å². The molecule has 8 heteroatoms. The molecular formula is C20H19FN4O3. The van der Waals surface area contributed by atoms with E-state index in [0.717, 1.165) is 16.8 Å². The number of amides is 1. The van der Waals surface area contributed by atoms with E-state index >= 15 is 0 Å². The molecule has 7 nitrogen and oxygen atoms in total. The minimum absolute atomic E-state index is 0.133. The van der Waals surface area contributed by atoms with Gasteiger partial charge in [-0.1, -0.05) is 29.4 Å². The van der Waals surface area contributed by atoms with E-state index in [1.165, 1.54) is 12.3 Å². The third-order valence-electron chi connectivity index (χ3n) is 4.75. The maximum atomic E-state index is 13.6. The fourth-order valence-electron chi connectivity index (χ4n) is 2.96. The number of nitrogen functional groups attached to an aromatic ring is 1. The summed E-state index contributed by atoms with van der Waals surface area (Å²) >= 11 is 0. The first-order valence-corrected chi connectivity index (χ1v) is 8.78. The molecule has 0 saturated carbocycles. The van der Waals surface area contributed by atoms with E-state index in [1.54, 1.807) is 18.2 Å². The summed E-state index contributed by atoms with van der Waals surface area (Å²) in [6, 6.07) is 10.3. The average Bonchev–Trinajstić information content (AvgIpc) is 3.11. The summed E-state index contributed by atoms with van der Waals surface area (Å²) in [6.07, 6.45) is 1.68. The van der Waals surface area contributed by atoms with Gasteiger partial charge in [-0.05, 0) is 24.1 Å². The van der Waals surface area contributed by atoms with Crippen molar-refractivity contribution < 1.29 is 18.4 Å². The Hall–Kier alpha value is -3.26. The number of anilines is 2. The summed E-state index contributed by atoms with van der Waals surface area (Å²) in [7, 11) is 0. The van der Waals surface area contributed by atoms with E-state index in [2.05, 4.69) is 15.5 Å². The van der Waals surface area contributed by atoms with Crippen molar-refractivity contribution >= 4 is 17.6 Å². The van der Waals surface area contributed by atoms with Crippen molar-refractivity contribution in [2.45, 2.75) is 18.8 Å². The number of hydrogen-bond donors (Lipinski definition) is 2. The summed E-state index contributed by atoms with van der Waals surface area (Å²) in [4.78, 5) is 16.1. The second kappa shape index (κ2) is 7.05. The standard InChI is InChI=1S/C20H19FN4O3/c1-20(10-27-11-20)16-8-18(28-25-16)24-17(26)6-12-2-4-13(5-3-12)14-7-15(21)19(22)23-9-14/h2-5,7-9H,6,10-11H2,1H3,(H2,22,23)(H,24,26).